The molecule has 0 unspecified atom stereocenters. The molecule has 0 saturated carbocycles. The molecule has 0 bridgehead atoms. The van der Waals surface area contributed by atoms with Crippen LogP contribution in [0.1, 0.15) is 25.3 Å². The number of aromatic nitrogens is 2. The Hall–Kier alpha value is -1.81. The number of aromatic amines is 1. The first-order chi connectivity index (χ1) is 9.54. The lowest BCUT2D eigenvalue weighted by molar-refractivity contribution is 0.584. The molecule has 0 atom stereocenters. The minimum absolute atomic E-state index is 0.0941. The molecule has 0 saturated heterocycles. The Morgan fingerprint density at radius 1 is 1.20 bits per heavy atom. The van der Waals surface area contributed by atoms with Gasteiger partial charge in [-0.1, -0.05) is 54.8 Å². The summed E-state index contributed by atoms with van der Waals surface area (Å²) in [5.74, 6) is 0. The average molecular weight is 293 g/mol. The van der Waals surface area contributed by atoms with Gasteiger partial charge in [-0.25, -0.2) is 4.79 Å². The summed E-state index contributed by atoms with van der Waals surface area (Å²) in [4.78, 5) is 26.8. The molecule has 0 aliphatic rings. The van der Waals surface area contributed by atoms with Crippen LogP contribution >= 0.6 is 11.6 Å². The number of nitrogens with zero attached hydrogens (tertiary/aromatic N) is 1. The van der Waals surface area contributed by atoms with Crippen molar-refractivity contribution in [2.24, 2.45) is 0 Å². The molecule has 106 valence electrons. The Balaban J connectivity index is 2.61. The molecule has 0 aliphatic heterocycles. The van der Waals surface area contributed by atoms with Crippen molar-refractivity contribution in [3.63, 3.8) is 0 Å². The molecule has 0 aliphatic carbocycles. The summed E-state index contributed by atoms with van der Waals surface area (Å²) in [7, 11) is 0. The molecule has 5 heteroatoms. The van der Waals surface area contributed by atoms with Gasteiger partial charge in [-0.3, -0.25) is 14.3 Å². The first-order valence-electron chi connectivity index (χ1n) is 6.64. The maximum absolute atomic E-state index is 12.5. The number of nitrogens with one attached hydrogen (secondary N) is 1. The lowest BCUT2D eigenvalue weighted by Gasteiger charge is -2.09. The lowest BCUT2D eigenvalue weighted by atomic mass is 10.1. The van der Waals surface area contributed by atoms with Crippen molar-refractivity contribution in [3.8, 4) is 11.1 Å². The number of benzene rings is 1. The highest BCUT2D eigenvalue weighted by atomic mass is 35.5. The van der Waals surface area contributed by atoms with Gasteiger partial charge < -0.3 is 0 Å². The third-order valence-electron chi connectivity index (χ3n) is 3.22. The zero-order valence-corrected chi connectivity index (χ0v) is 12.3. The van der Waals surface area contributed by atoms with Crippen LogP contribution in [0.25, 0.3) is 11.1 Å². The van der Waals surface area contributed by atoms with Gasteiger partial charge in [0.2, 0.25) is 0 Å². The van der Waals surface area contributed by atoms with E-state index in [-0.39, 0.29) is 10.7 Å². The van der Waals surface area contributed by atoms with Crippen molar-refractivity contribution in [2.75, 3.05) is 0 Å². The van der Waals surface area contributed by atoms with E-state index in [1.54, 1.807) is 0 Å². The minimum atomic E-state index is -0.454. The number of H-pyrrole nitrogens is 1. The molecule has 0 radical (unpaired) electrons. The molecule has 0 amide bonds. The van der Waals surface area contributed by atoms with Crippen LogP contribution in [0.5, 0.6) is 0 Å². The van der Waals surface area contributed by atoms with Gasteiger partial charge in [0, 0.05) is 6.54 Å². The Bertz CT molecular complexity index is 714. The van der Waals surface area contributed by atoms with Crippen LogP contribution in [0.15, 0.2) is 33.9 Å². The van der Waals surface area contributed by atoms with E-state index < -0.39 is 5.69 Å². The first-order valence-corrected chi connectivity index (χ1v) is 7.02. The van der Waals surface area contributed by atoms with Crippen molar-refractivity contribution in [1.29, 1.82) is 0 Å². The van der Waals surface area contributed by atoms with Crippen LogP contribution < -0.4 is 11.2 Å². The maximum Gasteiger partial charge on any atom is 0.329 e. The smallest absolute Gasteiger partial charge is 0.297 e. The van der Waals surface area contributed by atoms with Gasteiger partial charge in [0.15, 0.2) is 0 Å². The van der Waals surface area contributed by atoms with Gasteiger partial charge in [0.05, 0.1) is 5.56 Å². The zero-order chi connectivity index (χ0) is 14.7. The topological polar surface area (TPSA) is 54.9 Å². The molecular weight excluding hydrogens is 276 g/mol. The number of hydrogen-bond acceptors (Lipinski definition) is 2. The molecule has 20 heavy (non-hydrogen) atoms. The largest absolute Gasteiger partial charge is 0.329 e. The molecule has 2 rings (SSSR count). The van der Waals surface area contributed by atoms with Crippen LogP contribution in [-0.4, -0.2) is 9.55 Å². The molecule has 1 aromatic carbocycles. The van der Waals surface area contributed by atoms with E-state index in [1.807, 2.05) is 38.1 Å². The molecule has 1 N–H and O–H groups in total. The van der Waals surface area contributed by atoms with Crippen molar-refractivity contribution >= 4 is 11.6 Å². The monoisotopic (exact) mass is 292 g/mol. The Morgan fingerprint density at radius 2 is 1.85 bits per heavy atom. The van der Waals surface area contributed by atoms with Crippen LogP contribution in [0.4, 0.5) is 0 Å². The van der Waals surface area contributed by atoms with Crippen LogP contribution in [0.2, 0.25) is 5.15 Å². The summed E-state index contributed by atoms with van der Waals surface area (Å²) in [6.45, 7) is 4.38. The summed E-state index contributed by atoms with van der Waals surface area (Å²) in [6, 6.07) is 7.49. The average Bonchev–Trinajstić information content (AvgIpc) is 2.40. The molecule has 0 spiro atoms. The van der Waals surface area contributed by atoms with Crippen LogP contribution in [0, 0.1) is 6.92 Å². The minimum Gasteiger partial charge on any atom is -0.297 e. The summed E-state index contributed by atoms with van der Waals surface area (Å²) in [5, 5.41) is 0.0941. The van der Waals surface area contributed by atoms with Crippen molar-refractivity contribution in [3.05, 3.63) is 55.8 Å². The second kappa shape index (κ2) is 6.09. The fraction of sp³-hybridized carbons (Fsp3) is 0.333. The zero-order valence-electron chi connectivity index (χ0n) is 11.6. The molecule has 1 aromatic heterocycles. The second-order valence-electron chi connectivity index (χ2n) is 4.80. The van der Waals surface area contributed by atoms with Crippen LogP contribution in [-0.2, 0) is 6.54 Å². The fourth-order valence-electron chi connectivity index (χ4n) is 2.03. The summed E-state index contributed by atoms with van der Waals surface area (Å²) < 4.78 is 1.21. The van der Waals surface area contributed by atoms with Gasteiger partial charge in [-0.15, -0.1) is 0 Å². The number of unbranched alkanes of at least 4 members (excludes halogenated alkanes) is 1. The second-order valence-corrected chi connectivity index (χ2v) is 5.17. The predicted octanol–water partition coefficient (Wildman–Crippen LogP) is 2.97. The van der Waals surface area contributed by atoms with Gasteiger partial charge in [0.25, 0.3) is 5.56 Å². The fourth-order valence-corrected chi connectivity index (χ4v) is 2.31. The SMILES string of the molecule is CCCCn1c(=O)[nH]c(Cl)c(-c2ccc(C)cc2)c1=O. The third-order valence-corrected chi connectivity index (χ3v) is 3.50. The van der Waals surface area contributed by atoms with E-state index in [9.17, 15) is 9.59 Å². The van der Waals surface area contributed by atoms with Crippen molar-refractivity contribution < 1.29 is 0 Å². The standard InChI is InChI=1S/C15H17ClN2O2/c1-3-4-9-18-14(19)12(13(16)17-15(18)20)11-7-5-10(2)6-8-11/h5-8H,3-4,9H2,1-2H3,(H,17,20). The normalized spacial score (nSPS) is 10.8. The van der Waals surface area contributed by atoms with Crippen molar-refractivity contribution in [2.45, 2.75) is 33.2 Å². The quantitative estimate of drug-likeness (QED) is 0.881. The summed E-state index contributed by atoms with van der Waals surface area (Å²) >= 11 is 6.05. The first kappa shape index (κ1) is 14.6. The van der Waals surface area contributed by atoms with E-state index in [2.05, 4.69) is 4.98 Å². The van der Waals surface area contributed by atoms with Crippen molar-refractivity contribution in [1.82, 2.24) is 9.55 Å². The number of rotatable bonds is 4. The Labute approximate surface area is 122 Å². The highest BCUT2D eigenvalue weighted by molar-refractivity contribution is 6.32. The van der Waals surface area contributed by atoms with E-state index in [4.69, 9.17) is 11.6 Å². The van der Waals surface area contributed by atoms with Gasteiger partial charge in [0.1, 0.15) is 5.15 Å². The number of hydrogen-bond donors (Lipinski definition) is 1. The number of halogens is 1. The van der Waals surface area contributed by atoms with E-state index in [0.29, 0.717) is 17.7 Å². The molecule has 1 heterocycles. The summed E-state index contributed by atoms with van der Waals surface area (Å²) in [5.41, 5.74) is 1.37. The predicted molar refractivity (Wildman–Crippen MR) is 81.4 cm³/mol. The van der Waals surface area contributed by atoms with E-state index in [0.717, 1.165) is 18.4 Å². The van der Waals surface area contributed by atoms with Gasteiger partial charge in [-0.2, -0.15) is 0 Å². The lowest BCUT2D eigenvalue weighted by Crippen LogP contribution is -2.36. The van der Waals surface area contributed by atoms with Crippen LogP contribution in [0.3, 0.4) is 0 Å². The Morgan fingerprint density at radius 3 is 2.45 bits per heavy atom. The molecular formula is C15H17ClN2O2. The highest BCUT2D eigenvalue weighted by Gasteiger charge is 2.14. The van der Waals surface area contributed by atoms with E-state index >= 15 is 0 Å². The third kappa shape index (κ3) is 2.85. The molecule has 2 aromatic rings. The van der Waals surface area contributed by atoms with Gasteiger partial charge in [-0.05, 0) is 18.9 Å². The number of aryl methyl sites for hydroxylation is 1. The summed E-state index contributed by atoms with van der Waals surface area (Å²) in [6.07, 6.45) is 1.69. The maximum atomic E-state index is 12.5. The highest BCUT2D eigenvalue weighted by Crippen LogP contribution is 2.21. The molecule has 4 nitrogen and oxygen atoms in total. The molecule has 0 fully saturated rings. The van der Waals surface area contributed by atoms with Gasteiger partial charge >= 0.3 is 5.69 Å². The van der Waals surface area contributed by atoms with E-state index in [1.165, 1.54) is 4.57 Å². The Kier molecular flexibility index (Phi) is 4.45.